The summed E-state index contributed by atoms with van der Waals surface area (Å²) in [6.07, 6.45) is 7.80. The van der Waals surface area contributed by atoms with Gasteiger partial charge in [0, 0.05) is 43.0 Å². The highest BCUT2D eigenvalue weighted by Crippen LogP contribution is 2.32. The number of carbonyl (C=O) groups is 1. The first-order valence-corrected chi connectivity index (χ1v) is 11.6. The number of benzene rings is 1. The quantitative estimate of drug-likeness (QED) is 0.408. The molecule has 0 radical (unpaired) electrons. The van der Waals surface area contributed by atoms with Gasteiger partial charge < -0.3 is 14.4 Å². The van der Waals surface area contributed by atoms with Crippen LogP contribution in [0.15, 0.2) is 67.1 Å². The molecule has 4 heterocycles. The van der Waals surface area contributed by atoms with E-state index in [1.54, 1.807) is 48.5 Å². The minimum atomic E-state index is -0.241. The highest BCUT2D eigenvalue weighted by atomic mass is 16.5. The van der Waals surface area contributed by atoms with E-state index >= 15 is 0 Å². The summed E-state index contributed by atoms with van der Waals surface area (Å²) in [7, 11) is 1.61. The summed E-state index contributed by atoms with van der Waals surface area (Å²) in [6, 6.07) is 14.3. The van der Waals surface area contributed by atoms with Crippen LogP contribution in [0.25, 0.3) is 5.82 Å². The maximum atomic E-state index is 13.5. The number of hydrogen-bond donors (Lipinski definition) is 0. The maximum Gasteiger partial charge on any atom is 0.256 e. The molecule has 9 nitrogen and oxygen atoms in total. The monoisotopic (exact) mass is 470 g/mol. The molecule has 9 heteroatoms. The van der Waals surface area contributed by atoms with E-state index < -0.39 is 0 Å². The summed E-state index contributed by atoms with van der Waals surface area (Å²) < 4.78 is 12.9. The average Bonchev–Trinajstić information content (AvgIpc) is 3.43. The van der Waals surface area contributed by atoms with Crippen LogP contribution < -0.4 is 9.47 Å². The second-order valence-electron chi connectivity index (χ2n) is 8.35. The van der Waals surface area contributed by atoms with Crippen LogP contribution in [0.4, 0.5) is 0 Å². The van der Waals surface area contributed by atoms with Crippen molar-refractivity contribution in [2.24, 2.45) is 0 Å². The van der Waals surface area contributed by atoms with Crippen LogP contribution in [-0.2, 0) is 0 Å². The van der Waals surface area contributed by atoms with Gasteiger partial charge in [0.2, 0.25) is 5.88 Å². The lowest BCUT2D eigenvalue weighted by molar-refractivity contribution is 0.0598. The number of methoxy groups -OCH3 is 1. The van der Waals surface area contributed by atoms with Crippen molar-refractivity contribution in [3.63, 3.8) is 0 Å². The van der Waals surface area contributed by atoms with Crippen LogP contribution in [0, 0.1) is 6.92 Å². The number of pyridine rings is 1. The molecule has 1 unspecified atom stereocenters. The van der Waals surface area contributed by atoms with Crippen molar-refractivity contribution in [2.75, 3.05) is 13.7 Å². The minimum absolute atomic E-state index is 0.0883. The van der Waals surface area contributed by atoms with Crippen molar-refractivity contribution in [3.8, 4) is 23.2 Å². The smallest absolute Gasteiger partial charge is 0.256 e. The number of carbonyl (C=O) groups excluding carboxylic acids is 1. The minimum Gasteiger partial charge on any atom is -0.497 e. The Morgan fingerprint density at radius 2 is 1.94 bits per heavy atom. The molecule has 1 aliphatic heterocycles. The first-order chi connectivity index (χ1) is 17.1. The third kappa shape index (κ3) is 4.98. The van der Waals surface area contributed by atoms with E-state index in [4.69, 9.17) is 9.47 Å². The number of ether oxygens (including phenoxy) is 2. The summed E-state index contributed by atoms with van der Waals surface area (Å²) in [4.78, 5) is 29.1. The number of rotatable bonds is 6. The molecule has 35 heavy (non-hydrogen) atoms. The number of hydrogen-bond acceptors (Lipinski definition) is 7. The molecular formula is C26H26N6O3. The van der Waals surface area contributed by atoms with Gasteiger partial charge in [0.25, 0.3) is 5.91 Å². The SMILES string of the molecule is COc1cccc(Oc2cc(C)nc(C3CCCCN3C(=O)c3ccc(-n4cccn4)nc3)n2)c1. The summed E-state index contributed by atoms with van der Waals surface area (Å²) in [5.41, 5.74) is 1.30. The Bertz CT molecular complexity index is 1310. The van der Waals surface area contributed by atoms with Crippen LogP contribution in [-0.4, -0.2) is 49.2 Å². The Morgan fingerprint density at radius 3 is 2.71 bits per heavy atom. The first-order valence-electron chi connectivity index (χ1n) is 11.6. The van der Waals surface area contributed by atoms with Gasteiger partial charge in [-0.2, -0.15) is 10.1 Å². The second kappa shape index (κ2) is 9.92. The molecule has 1 amide bonds. The van der Waals surface area contributed by atoms with Gasteiger partial charge in [0.1, 0.15) is 11.5 Å². The van der Waals surface area contributed by atoms with Gasteiger partial charge >= 0.3 is 0 Å². The van der Waals surface area contributed by atoms with Crippen LogP contribution in [0.1, 0.15) is 47.2 Å². The molecule has 1 saturated heterocycles. The Hall–Kier alpha value is -4.27. The number of amides is 1. The largest absolute Gasteiger partial charge is 0.497 e. The number of nitrogens with zero attached hydrogens (tertiary/aromatic N) is 6. The Labute approximate surface area is 203 Å². The first kappa shape index (κ1) is 22.5. The molecule has 0 spiro atoms. The Kier molecular flexibility index (Phi) is 6.38. The number of likely N-dealkylation sites (tertiary alicyclic amines) is 1. The third-order valence-corrected chi connectivity index (χ3v) is 5.91. The summed E-state index contributed by atoms with van der Waals surface area (Å²) in [6.45, 7) is 2.53. The Balaban J connectivity index is 1.39. The van der Waals surface area contributed by atoms with Crippen LogP contribution in [0.5, 0.6) is 17.4 Å². The van der Waals surface area contributed by atoms with Crippen molar-refractivity contribution >= 4 is 5.91 Å². The molecule has 1 fully saturated rings. The highest BCUT2D eigenvalue weighted by Gasteiger charge is 2.31. The molecule has 178 valence electrons. The predicted octanol–water partition coefficient (Wildman–Crippen LogP) is 4.53. The van der Waals surface area contributed by atoms with Gasteiger partial charge in [-0.25, -0.2) is 14.6 Å². The number of piperidine rings is 1. The number of aryl methyl sites for hydroxylation is 1. The zero-order valence-corrected chi connectivity index (χ0v) is 19.7. The van der Waals surface area contributed by atoms with Crippen LogP contribution in [0.3, 0.4) is 0 Å². The Morgan fingerprint density at radius 1 is 1.06 bits per heavy atom. The van der Waals surface area contributed by atoms with Gasteiger partial charge in [-0.3, -0.25) is 4.79 Å². The number of aromatic nitrogens is 5. The molecule has 1 aliphatic rings. The van der Waals surface area contributed by atoms with Gasteiger partial charge in [-0.1, -0.05) is 6.07 Å². The standard InChI is InChI=1S/C26H26N6O3/c1-18-15-24(35-21-8-5-7-20(16-21)34-2)30-25(29-18)22-9-3-4-13-31(22)26(33)19-10-11-23(27-17-19)32-14-6-12-28-32/h5-8,10-12,14-17,22H,3-4,9,13H2,1-2H3. The van der Waals surface area contributed by atoms with Crippen molar-refractivity contribution in [1.82, 2.24) is 29.6 Å². The molecule has 0 saturated carbocycles. The third-order valence-electron chi connectivity index (χ3n) is 5.91. The van der Waals surface area contributed by atoms with Gasteiger partial charge in [-0.15, -0.1) is 0 Å². The van der Waals surface area contributed by atoms with Gasteiger partial charge in [0.15, 0.2) is 11.6 Å². The second-order valence-corrected chi connectivity index (χ2v) is 8.35. The summed E-state index contributed by atoms with van der Waals surface area (Å²) in [5, 5.41) is 4.18. The molecule has 0 N–H and O–H groups in total. The molecule has 0 aliphatic carbocycles. The molecule has 1 atom stereocenters. The fourth-order valence-corrected chi connectivity index (χ4v) is 4.21. The lowest BCUT2D eigenvalue weighted by Gasteiger charge is -2.35. The zero-order chi connectivity index (χ0) is 24.2. The maximum absolute atomic E-state index is 13.5. The lowest BCUT2D eigenvalue weighted by Crippen LogP contribution is -2.39. The van der Waals surface area contributed by atoms with E-state index in [2.05, 4.69) is 20.1 Å². The van der Waals surface area contributed by atoms with Crippen LogP contribution in [0.2, 0.25) is 0 Å². The molecule has 4 aromatic rings. The zero-order valence-electron chi connectivity index (χ0n) is 19.7. The summed E-state index contributed by atoms with van der Waals surface area (Å²) >= 11 is 0. The van der Waals surface area contributed by atoms with E-state index in [-0.39, 0.29) is 11.9 Å². The molecule has 3 aromatic heterocycles. The topological polar surface area (TPSA) is 95.3 Å². The molecule has 5 rings (SSSR count). The molecule has 0 bridgehead atoms. The average molecular weight is 471 g/mol. The van der Waals surface area contributed by atoms with E-state index in [1.165, 1.54) is 0 Å². The van der Waals surface area contributed by atoms with E-state index in [0.29, 0.717) is 41.1 Å². The van der Waals surface area contributed by atoms with Crippen molar-refractivity contribution < 1.29 is 14.3 Å². The van der Waals surface area contributed by atoms with Gasteiger partial charge in [-0.05, 0) is 56.5 Å². The fraction of sp³-hybridized carbons (Fsp3) is 0.269. The van der Waals surface area contributed by atoms with Crippen molar-refractivity contribution in [2.45, 2.75) is 32.2 Å². The highest BCUT2D eigenvalue weighted by molar-refractivity contribution is 5.94. The normalized spacial score (nSPS) is 15.6. The molecule has 1 aromatic carbocycles. The summed E-state index contributed by atoms with van der Waals surface area (Å²) in [5.74, 6) is 2.90. The molecular weight excluding hydrogens is 444 g/mol. The van der Waals surface area contributed by atoms with Crippen molar-refractivity contribution in [3.05, 3.63) is 84.2 Å². The fourth-order valence-electron chi connectivity index (χ4n) is 4.21. The van der Waals surface area contributed by atoms with Crippen molar-refractivity contribution in [1.29, 1.82) is 0 Å². The van der Waals surface area contributed by atoms with Gasteiger partial charge in [0.05, 0.1) is 18.7 Å². The van der Waals surface area contributed by atoms with Crippen LogP contribution >= 0.6 is 0 Å². The van der Waals surface area contributed by atoms with E-state index in [1.807, 2.05) is 42.3 Å². The predicted molar refractivity (Wildman–Crippen MR) is 129 cm³/mol. The van der Waals surface area contributed by atoms with E-state index in [0.717, 1.165) is 25.0 Å². The van der Waals surface area contributed by atoms with E-state index in [9.17, 15) is 4.79 Å². The lowest BCUT2D eigenvalue weighted by atomic mass is 10.00.